The lowest BCUT2D eigenvalue weighted by molar-refractivity contribution is 0.0817. The Labute approximate surface area is 98.6 Å². The molecule has 0 amide bonds. The minimum absolute atomic E-state index is 0.584. The van der Waals surface area contributed by atoms with Gasteiger partial charge in [-0.2, -0.15) is 0 Å². The molecule has 0 bridgehead atoms. The van der Waals surface area contributed by atoms with Crippen LogP contribution in [0.3, 0.4) is 0 Å². The molecule has 0 aliphatic heterocycles. The molecule has 2 heteroatoms. The topological polar surface area (TPSA) is 18.5 Å². The van der Waals surface area contributed by atoms with E-state index in [-0.39, 0.29) is 0 Å². The largest absolute Gasteiger partial charge is 0.491 e. The summed E-state index contributed by atoms with van der Waals surface area (Å²) >= 11 is 0. The van der Waals surface area contributed by atoms with E-state index in [1.165, 1.54) is 11.1 Å². The van der Waals surface area contributed by atoms with Crippen LogP contribution in [0.4, 0.5) is 0 Å². The van der Waals surface area contributed by atoms with Gasteiger partial charge in [0.25, 0.3) is 0 Å². The summed E-state index contributed by atoms with van der Waals surface area (Å²) < 4.78 is 11.1. The summed E-state index contributed by atoms with van der Waals surface area (Å²) in [5.41, 5.74) is 2.40. The van der Waals surface area contributed by atoms with Crippen molar-refractivity contribution < 1.29 is 9.47 Å². The van der Waals surface area contributed by atoms with Gasteiger partial charge in [0.1, 0.15) is 12.4 Å². The maximum atomic E-state index is 5.67. The van der Waals surface area contributed by atoms with E-state index in [4.69, 9.17) is 9.47 Å². The zero-order valence-electron chi connectivity index (χ0n) is 10.7. The molecule has 16 heavy (non-hydrogen) atoms. The van der Waals surface area contributed by atoms with E-state index in [0.29, 0.717) is 19.1 Å². The first-order valence-electron chi connectivity index (χ1n) is 5.87. The molecule has 0 radical (unpaired) electrons. The summed E-state index contributed by atoms with van der Waals surface area (Å²) in [6, 6.07) is 6.24. The molecule has 1 rings (SSSR count). The van der Waals surface area contributed by atoms with Crippen molar-refractivity contribution >= 4 is 0 Å². The van der Waals surface area contributed by atoms with Crippen LogP contribution in [-0.4, -0.2) is 19.8 Å². The van der Waals surface area contributed by atoms with Gasteiger partial charge < -0.3 is 9.47 Å². The molecule has 0 fully saturated rings. The second kappa shape index (κ2) is 6.54. The third-order valence-corrected chi connectivity index (χ3v) is 2.28. The smallest absolute Gasteiger partial charge is 0.122 e. The molecule has 0 aromatic heterocycles. The monoisotopic (exact) mass is 222 g/mol. The average molecular weight is 222 g/mol. The fourth-order valence-electron chi connectivity index (χ4n) is 1.39. The number of hydrogen-bond acceptors (Lipinski definition) is 2. The molecule has 0 saturated carbocycles. The Bertz CT molecular complexity index is 319. The normalized spacial score (nSPS) is 10.8. The molecule has 0 aliphatic rings. The van der Waals surface area contributed by atoms with Crippen molar-refractivity contribution in [2.24, 2.45) is 5.92 Å². The van der Waals surface area contributed by atoms with Crippen molar-refractivity contribution in [3.8, 4) is 5.75 Å². The van der Waals surface area contributed by atoms with Crippen LogP contribution in [-0.2, 0) is 4.74 Å². The standard InChI is InChI=1S/C14H22O2/c1-11(2)10-15-7-8-16-14-9-12(3)5-6-13(14)4/h5-6,9,11H,7-8,10H2,1-4H3. The van der Waals surface area contributed by atoms with E-state index in [2.05, 4.69) is 45.9 Å². The highest BCUT2D eigenvalue weighted by atomic mass is 16.5. The van der Waals surface area contributed by atoms with E-state index < -0.39 is 0 Å². The lowest BCUT2D eigenvalue weighted by Crippen LogP contribution is -2.10. The Hall–Kier alpha value is -1.02. The molecule has 0 unspecified atom stereocenters. The van der Waals surface area contributed by atoms with Crippen LogP contribution in [0, 0.1) is 19.8 Å². The number of rotatable bonds is 6. The van der Waals surface area contributed by atoms with Crippen molar-refractivity contribution in [3.63, 3.8) is 0 Å². The summed E-state index contributed by atoms with van der Waals surface area (Å²) in [6.45, 7) is 10.5. The van der Waals surface area contributed by atoms with Crippen LogP contribution in [0.25, 0.3) is 0 Å². The Balaban J connectivity index is 2.29. The minimum atomic E-state index is 0.584. The summed E-state index contributed by atoms with van der Waals surface area (Å²) in [5.74, 6) is 1.55. The van der Waals surface area contributed by atoms with Gasteiger partial charge in [-0.25, -0.2) is 0 Å². The fraction of sp³-hybridized carbons (Fsp3) is 0.571. The Morgan fingerprint density at radius 3 is 2.56 bits per heavy atom. The van der Waals surface area contributed by atoms with Gasteiger partial charge in [-0.3, -0.25) is 0 Å². The number of ether oxygens (including phenoxy) is 2. The van der Waals surface area contributed by atoms with Crippen LogP contribution in [0.2, 0.25) is 0 Å². The minimum Gasteiger partial charge on any atom is -0.491 e. The maximum Gasteiger partial charge on any atom is 0.122 e. The van der Waals surface area contributed by atoms with Gasteiger partial charge in [-0.05, 0) is 37.0 Å². The van der Waals surface area contributed by atoms with Crippen molar-refractivity contribution in [3.05, 3.63) is 29.3 Å². The molecule has 2 nitrogen and oxygen atoms in total. The first kappa shape index (κ1) is 13.0. The highest BCUT2D eigenvalue weighted by molar-refractivity contribution is 5.35. The van der Waals surface area contributed by atoms with Crippen molar-refractivity contribution in [1.29, 1.82) is 0 Å². The fourth-order valence-corrected chi connectivity index (χ4v) is 1.39. The van der Waals surface area contributed by atoms with Gasteiger partial charge in [-0.15, -0.1) is 0 Å². The van der Waals surface area contributed by atoms with Crippen molar-refractivity contribution in [2.45, 2.75) is 27.7 Å². The summed E-state index contributed by atoms with van der Waals surface area (Å²) in [4.78, 5) is 0. The third-order valence-electron chi connectivity index (χ3n) is 2.28. The van der Waals surface area contributed by atoms with E-state index in [0.717, 1.165) is 12.4 Å². The Kier molecular flexibility index (Phi) is 5.33. The van der Waals surface area contributed by atoms with E-state index in [1.54, 1.807) is 0 Å². The lowest BCUT2D eigenvalue weighted by atomic mass is 10.1. The van der Waals surface area contributed by atoms with Crippen LogP contribution in [0.5, 0.6) is 5.75 Å². The summed E-state index contributed by atoms with van der Waals surface area (Å²) in [6.07, 6.45) is 0. The number of aryl methyl sites for hydroxylation is 2. The summed E-state index contributed by atoms with van der Waals surface area (Å²) in [7, 11) is 0. The van der Waals surface area contributed by atoms with Gasteiger partial charge in [0, 0.05) is 6.61 Å². The molecule has 0 saturated heterocycles. The number of benzene rings is 1. The average Bonchev–Trinajstić information content (AvgIpc) is 2.22. The second-order valence-electron chi connectivity index (χ2n) is 4.59. The van der Waals surface area contributed by atoms with E-state index in [1.807, 2.05) is 0 Å². The van der Waals surface area contributed by atoms with Crippen LogP contribution < -0.4 is 4.74 Å². The predicted molar refractivity (Wildman–Crippen MR) is 67.1 cm³/mol. The first-order valence-corrected chi connectivity index (χ1v) is 5.87. The molecule has 1 aromatic carbocycles. The predicted octanol–water partition coefficient (Wildman–Crippen LogP) is 3.35. The van der Waals surface area contributed by atoms with Gasteiger partial charge in [-0.1, -0.05) is 26.0 Å². The van der Waals surface area contributed by atoms with Crippen LogP contribution in [0.1, 0.15) is 25.0 Å². The zero-order valence-corrected chi connectivity index (χ0v) is 10.7. The van der Waals surface area contributed by atoms with Gasteiger partial charge in [0.05, 0.1) is 6.61 Å². The highest BCUT2D eigenvalue weighted by Crippen LogP contribution is 2.18. The Morgan fingerprint density at radius 1 is 1.12 bits per heavy atom. The Morgan fingerprint density at radius 2 is 1.88 bits per heavy atom. The highest BCUT2D eigenvalue weighted by Gasteiger charge is 2.00. The van der Waals surface area contributed by atoms with E-state index in [9.17, 15) is 0 Å². The quantitative estimate of drug-likeness (QED) is 0.687. The lowest BCUT2D eigenvalue weighted by Gasteiger charge is -2.11. The van der Waals surface area contributed by atoms with Gasteiger partial charge in [0.2, 0.25) is 0 Å². The SMILES string of the molecule is Cc1ccc(C)c(OCCOCC(C)C)c1. The second-order valence-corrected chi connectivity index (χ2v) is 4.59. The molecule has 0 aliphatic carbocycles. The van der Waals surface area contributed by atoms with Crippen molar-refractivity contribution in [1.82, 2.24) is 0 Å². The molecule has 0 heterocycles. The zero-order chi connectivity index (χ0) is 12.0. The van der Waals surface area contributed by atoms with Crippen LogP contribution >= 0.6 is 0 Å². The van der Waals surface area contributed by atoms with Gasteiger partial charge >= 0.3 is 0 Å². The summed E-state index contributed by atoms with van der Waals surface area (Å²) in [5, 5.41) is 0. The molecular weight excluding hydrogens is 200 g/mol. The maximum absolute atomic E-state index is 5.67. The van der Waals surface area contributed by atoms with Crippen molar-refractivity contribution in [2.75, 3.05) is 19.8 Å². The van der Waals surface area contributed by atoms with Gasteiger partial charge in [0.15, 0.2) is 0 Å². The molecular formula is C14H22O2. The third kappa shape index (κ3) is 4.67. The number of hydrogen-bond donors (Lipinski definition) is 0. The van der Waals surface area contributed by atoms with E-state index >= 15 is 0 Å². The molecule has 0 N–H and O–H groups in total. The molecule has 0 spiro atoms. The molecule has 90 valence electrons. The molecule has 0 atom stereocenters. The first-order chi connectivity index (χ1) is 7.59. The van der Waals surface area contributed by atoms with Crippen LogP contribution in [0.15, 0.2) is 18.2 Å². The molecule has 1 aromatic rings.